The number of nitrogens with zero attached hydrogens (tertiary/aromatic N) is 1. The van der Waals surface area contributed by atoms with E-state index >= 15 is 0 Å². The Morgan fingerprint density at radius 1 is 1.31 bits per heavy atom. The molecule has 0 aromatic heterocycles. The molecule has 1 atom stereocenters. The number of hydrogen-bond acceptors (Lipinski definition) is 4. The van der Waals surface area contributed by atoms with Crippen molar-refractivity contribution in [3.05, 3.63) is 29.8 Å². The molecule has 26 heavy (non-hydrogen) atoms. The molecule has 5 nitrogen and oxygen atoms in total. The maximum atomic E-state index is 12.4. The number of carbonyl (C=O) groups is 1. The van der Waals surface area contributed by atoms with Crippen molar-refractivity contribution in [3.63, 3.8) is 0 Å². The molecule has 0 radical (unpaired) electrons. The van der Waals surface area contributed by atoms with Gasteiger partial charge >= 0.3 is 0 Å². The van der Waals surface area contributed by atoms with E-state index in [1.54, 1.807) is 7.11 Å². The lowest BCUT2D eigenvalue weighted by Gasteiger charge is -2.28. The van der Waals surface area contributed by atoms with E-state index in [1.807, 2.05) is 12.1 Å². The molecule has 144 valence electrons. The van der Waals surface area contributed by atoms with E-state index in [1.165, 1.54) is 31.2 Å². The van der Waals surface area contributed by atoms with Crippen LogP contribution in [0, 0.1) is 5.92 Å². The molecule has 5 heteroatoms. The molecule has 0 bridgehead atoms. The van der Waals surface area contributed by atoms with Crippen LogP contribution in [0.4, 0.5) is 0 Å². The number of likely N-dealkylation sites (tertiary alicyclic amines) is 1. The van der Waals surface area contributed by atoms with Gasteiger partial charge in [-0.15, -0.1) is 0 Å². The molecule has 1 amide bonds. The summed E-state index contributed by atoms with van der Waals surface area (Å²) in [7, 11) is 1.70. The molecule has 1 unspecified atom stereocenters. The Morgan fingerprint density at radius 2 is 2.08 bits per heavy atom. The van der Waals surface area contributed by atoms with Gasteiger partial charge in [-0.05, 0) is 81.9 Å². The summed E-state index contributed by atoms with van der Waals surface area (Å²) in [5, 5.41) is 6.58. The van der Waals surface area contributed by atoms with Crippen LogP contribution in [0.1, 0.15) is 50.1 Å². The largest absolute Gasteiger partial charge is 0.497 e. The molecular formula is C21H33N3O2. The summed E-state index contributed by atoms with van der Waals surface area (Å²) in [5.41, 5.74) is 1.23. The third kappa shape index (κ3) is 5.45. The highest BCUT2D eigenvalue weighted by molar-refractivity contribution is 5.75. The fourth-order valence-electron chi connectivity index (χ4n) is 4.16. The molecule has 0 saturated carbocycles. The first-order chi connectivity index (χ1) is 12.8. The first-order valence-corrected chi connectivity index (χ1v) is 10.1. The highest BCUT2D eigenvalue weighted by Crippen LogP contribution is 2.27. The Balaban J connectivity index is 1.54. The molecule has 2 fully saturated rings. The van der Waals surface area contributed by atoms with Crippen LogP contribution in [-0.4, -0.2) is 50.6 Å². The van der Waals surface area contributed by atoms with E-state index in [0.29, 0.717) is 18.9 Å². The first-order valence-electron chi connectivity index (χ1n) is 10.1. The highest BCUT2D eigenvalue weighted by atomic mass is 16.5. The van der Waals surface area contributed by atoms with Gasteiger partial charge in [0.15, 0.2) is 0 Å². The molecule has 0 aliphatic carbocycles. The van der Waals surface area contributed by atoms with Gasteiger partial charge in [0.25, 0.3) is 0 Å². The van der Waals surface area contributed by atoms with Crippen LogP contribution in [0.25, 0.3) is 0 Å². The Morgan fingerprint density at radius 3 is 2.81 bits per heavy atom. The Labute approximate surface area is 157 Å². The first kappa shape index (κ1) is 19.2. The number of ether oxygens (including phenoxy) is 1. The lowest BCUT2D eigenvalue weighted by atomic mass is 9.93. The van der Waals surface area contributed by atoms with Crippen molar-refractivity contribution in [2.24, 2.45) is 5.92 Å². The van der Waals surface area contributed by atoms with E-state index in [2.05, 4.69) is 27.7 Å². The summed E-state index contributed by atoms with van der Waals surface area (Å²) in [4.78, 5) is 14.9. The Kier molecular flexibility index (Phi) is 7.32. The number of benzene rings is 1. The number of hydrogen-bond donors (Lipinski definition) is 2. The minimum absolute atomic E-state index is 0.190. The summed E-state index contributed by atoms with van der Waals surface area (Å²) >= 11 is 0. The molecule has 1 aromatic carbocycles. The quantitative estimate of drug-likeness (QED) is 0.749. The number of carbonyl (C=O) groups excluding carboxylic acids is 1. The van der Waals surface area contributed by atoms with Crippen molar-refractivity contribution in [1.82, 2.24) is 15.5 Å². The normalized spacial score (nSPS) is 20.0. The van der Waals surface area contributed by atoms with Gasteiger partial charge in [-0.2, -0.15) is 0 Å². The van der Waals surface area contributed by atoms with Gasteiger partial charge in [0.1, 0.15) is 5.75 Å². The van der Waals surface area contributed by atoms with E-state index in [9.17, 15) is 4.79 Å². The maximum absolute atomic E-state index is 12.4. The van der Waals surface area contributed by atoms with E-state index in [-0.39, 0.29) is 11.9 Å². The summed E-state index contributed by atoms with van der Waals surface area (Å²) in [6.45, 7) is 5.08. The molecular weight excluding hydrogens is 326 g/mol. The summed E-state index contributed by atoms with van der Waals surface area (Å²) in [5.74, 6) is 1.77. The topological polar surface area (TPSA) is 53.6 Å². The lowest BCUT2D eigenvalue weighted by molar-refractivity contribution is -0.121. The fourth-order valence-corrected chi connectivity index (χ4v) is 4.16. The fraction of sp³-hybridized carbons (Fsp3) is 0.667. The average Bonchev–Trinajstić information content (AvgIpc) is 3.22. The molecule has 3 rings (SSSR count). The maximum Gasteiger partial charge on any atom is 0.220 e. The molecule has 0 spiro atoms. The van der Waals surface area contributed by atoms with Crippen LogP contribution in [0.2, 0.25) is 0 Å². The van der Waals surface area contributed by atoms with Gasteiger partial charge < -0.3 is 15.4 Å². The standard InChI is InChI=1S/C21H33N3O2/c1-26-19-6-4-5-18(15-19)20(24-13-2-3-14-24)16-23-21(25)8-7-17-9-11-22-12-10-17/h4-6,15,17,20,22H,2-3,7-14,16H2,1H3,(H,23,25). The smallest absolute Gasteiger partial charge is 0.220 e. The van der Waals surface area contributed by atoms with Crippen LogP contribution < -0.4 is 15.4 Å². The lowest BCUT2D eigenvalue weighted by Crippen LogP contribution is -2.37. The number of amides is 1. The summed E-state index contributed by atoms with van der Waals surface area (Å²) in [6, 6.07) is 8.49. The number of methoxy groups -OCH3 is 1. The van der Waals surface area contributed by atoms with Gasteiger partial charge in [0.05, 0.1) is 13.2 Å². The van der Waals surface area contributed by atoms with Crippen molar-refractivity contribution in [2.45, 2.75) is 44.6 Å². The zero-order valence-electron chi connectivity index (χ0n) is 16.0. The van der Waals surface area contributed by atoms with Gasteiger partial charge in [0.2, 0.25) is 5.91 Å². The monoisotopic (exact) mass is 359 g/mol. The van der Waals surface area contributed by atoms with Crippen LogP contribution in [0.3, 0.4) is 0 Å². The van der Waals surface area contributed by atoms with Crippen molar-refractivity contribution in [3.8, 4) is 5.75 Å². The van der Waals surface area contributed by atoms with Crippen molar-refractivity contribution < 1.29 is 9.53 Å². The zero-order valence-corrected chi connectivity index (χ0v) is 16.0. The van der Waals surface area contributed by atoms with Crippen molar-refractivity contribution >= 4 is 5.91 Å². The third-order valence-corrected chi connectivity index (χ3v) is 5.79. The second kappa shape index (κ2) is 9.93. The molecule has 2 heterocycles. The van der Waals surface area contributed by atoms with Crippen molar-refractivity contribution in [1.29, 1.82) is 0 Å². The van der Waals surface area contributed by atoms with E-state index in [4.69, 9.17) is 4.74 Å². The zero-order chi connectivity index (χ0) is 18.2. The number of rotatable bonds is 8. The summed E-state index contributed by atoms with van der Waals surface area (Å²) in [6.07, 6.45) is 6.55. The van der Waals surface area contributed by atoms with Crippen LogP contribution in [0.15, 0.2) is 24.3 Å². The summed E-state index contributed by atoms with van der Waals surface area (Å²) < 4.78 is 5.39. The predicted molar refractivity (Wildman–Crippen MR) is 104 cm³/mol. The third-order valence-electron chi connectivity index (χ3n) is 5.79. The Hall–Kier alpha value is -1.59. The van der Waals surface area contributed by atoms with E-state index < -0.39 is 0 Å². The van der Waals surface area contributed by atoms with Crippen LogP contribution >= 0.6 is 0 Å². The molecule has 2 aliphatic rings. The van der Waals surface area contributed by atoms with Crippen LogP contribution in [-0.2, 0) is 4.79 Å². The number of nitrogens with one attached hydrogen (secondary N) is 2. The second-order valence-electron chi connectivity index (χ2n) is 7.57. The van der Waals surface area contributed by atoms with Gasteiger partial charge in [-0.25, -0.2) is 0 Å². The van der Waals surface area contributed by atoms with Gasteiger partial charge in [0, 0.05) is 13.0 Å². The van der Waals surface area contributed by atoms with Gasteiger partial charge in [-0.3, -0.25) is 9.69 Å². The predicted octanol–water partition coefficient (Wildman–Crippen LogP) is 2.73. The minimum atomic E-state index is 0.190. The minimum Gasteiger partial charge on any atom is -0.497 e. The van der Waals surface area contributed by atoms with E-state index in [0.717, 1.165) is 38.3 Å². The average molecular weight is 360 g/mol. The molecule has 2 aliphatic heterocycles. The molecule has 2 N–H and O–H groups in total. The SMILES string of the molecule is COc1cccc(C(CNC(=O)CCC2CCNCC2)N2CCCC2)c1. The Bertz CT molecular complexity index is 566. The highest BCUT2D eigenvalue weighted by Gasteiger charge is 2.24. The van der Waals surface area contributed by atoms with Crippen molar-refractivity contribution in [2.75, 3.05) is 39.8 Å². The van der Waals surface area contributed by atoms with Crippen LogP contribution in [0.5, 0.6) is 5.75 Å². The molecule has 2 saturated heterocycles. The second-order valence-corrected chi connectivity index (χ2v) is 7.57. The number of piperidine rings is 1. The molecule has 1 aromatic rings. The van der Waals surface area contributed by atoms with Gasteiger partial charge in [-0.1, -0.05) is 12.1 Å².